The quantitative estimate of drug-likeness (QED) is 0.426. The minimum Gasteiger partial charge on any atom is -0.497 e. The van der Waals surface area contributed by atoms with Crippen LogP contribution >= 0.6 is 11.6 Å². The second-order valence-electron chi connectivity index (χ2n) is 9.97. The van der Waals surface area contributed by atoms with Gasteiger partial charge in [0.05, 0.1) is 29.6 Å². The summed E-state index contributed by atoms with van der Waals surface area (Å²) in [6.45, 7) is 6.02. The standard InChI is InChI=1S/C26H33ClF3N3O5S/c1-7-21(24(35)31-25(2,3)4)32(15-17-9-8-10-19(13-17)38-5)23(34)16-33(39(6,36)37)22-14-18(26(28,29)30)11-12-20(22)27/h8-14,21H,7,15-16H2,1-6H3,(H,31,35). The first-order chi connectivity index (χ1) is 17.9. The van der Waals surface area contributed by atoms with Gasteiger partial charge in [-0.1, -0.05) is 30.7 Å². The van der Waals surface area contributed by atoms with Gasteiger partial charge >= 0.3 is 6.18 Å². The maximum atomic E-state index is 13.7. The first-order valence-electron chi connectivity index (χ1n) is 12.0. The Morgan fingerprint density at radius 1 is 1.10 bits per heavy atom. The lowest BCUT2D eigenvalue weighted by Gasteiger charge is -2.34. The van der Waals surface area contributed by atoms with Crippen LogP contribution in [0.5, 0.6) is 5.75 Å². The number of nitrogens with one attached hydrogen (secondary N) is 1. The monoisotopic (exact) mass is 591 g/mol. The van der Waals surface area contributed by atoms with Crippen LogP contribution in [0.2, 0.25) is 5.02 Å². The van der Waals surface area contributed by atoms with Crippen molar-refractivity contribution in [2.24, 2.45) is 0 Å². The number of sulfonamides is 1. The number of alkyl halides is 3. The molecule has 0 fully saturated rings. The first kappa shape index (κ1) is 32.2. The Morgan fingerprint density at radius 3 is 2.26 bits per heavy atom. The molecule has 2 aromatic rings. The first-order valence-corrected chi connectivity index (χ1v) is 14.2. The molecule has 13 heteroatoms. The van der Waals surface area contributed by atoms with Crippen LogP contribution in [0.15, 0.2) is 42.5 Å². The van der Waals surface area contributed by atoms with Gasteiger partial charge in [-0.05, 0) is 63.1 Å². The molecule has 0 bridgehead atoms. The van der Waals surface area contributed by atoms with Gasteiger partial charge in [0, 0.05) is 12.1 Å². The Kier molecular flexibility index (Phi) is 10.3. The average Bonchev–Trinajstić information content (AvgIpc) is 2.80. The van der Waals surface area contributed by atoms with Crippen LogP contribution < -0.4 is 14.4 Å². The molecule has 2 aromatic carbocycles. The third-order valence-electron chi connectivity index (χ3n) is 5.59. The van der Waals surface area contributed by atoms with Gasteiger partial charge in [-0.25, -0.2) is 8.42 Å². The van der Waals surface area contributed by atoms with Gasteiger partial charge in [0.25, 0.3) is 0 Å². The molecule has 8 nitrogen and oxygen atoms in total. The lowest BCUT2D eigenvalue weighted by molar-refractivity contribution is -0.141. The summed E-state index contributed by atoms with van der Waals surface area (Å²) in [5.41, 5.74) is -1.67. The number of amides is 2. The molecule has 0 aliphatic heterocycles. The zero-order valence-electron chi connectivity index (χ0n) is 22.6. The molecule has 0 saturated carbocycles. The second kappa shape index (κ2) is 12.5. The molecule has 1 unspecified atom stereocenters. The van der Waals surface area contributed by atoms with E-state index in [4.69, 9.17) is 16.3 Å². The molecule has 2 rings (SSSR count). The fraction of sp³-hybridized carbons (Fsp3) is 0.462. The number of ether oxygens (including phenoxy) is 1. The smallest absolute Gasteiger partial charge is 0.416 e. The van der Waals surface area contributed by atoms with Gasteiger partial charge in [-0.15, -0.1) is 0 Å². The van der Waals surface area contributed by atoms with Crippen molar-refractivity contribution in [3.63, 3.8) is 0 Å². The predicted molar refractivity (Wildman–Crippen MR) is 144 cm³/mol. The minimum absolute atomic E-state index is 0.0972. The van der Waals surface area contributed by atoms with Crippen LogP contribution in [0.3, 0.4) is 0 Å². The lowest BCUT2D eigenvalue weighted by Crippen LogP contribution is -2.55. The van der Waals surface area contributed by atoms with Crippen molar-refractivity contribution in [1.29, 1.82) is 0 Å². The number of carbonyl (C=O) groups excluding carboxylic acids is 2. The Balaban J connectivity index is 2.58. The third-order valence-corrected chi connectivity index (χ3v) is 7.04. The average molecular weight is 592 g/mol. The molecule has 0 heterocycles. The number of benzene rings is 2. The molecule has 216 valence electrons. The van der Waals surface area contributed by atoms with Crippen LogP contribution in [-0.2, 0) is 32.3 Å². The normalized spacial score (nSPS) is 13.0. The van der Waals surface area contributed by atoms with Gasteiger partial charge in [0.15, 0.2) is 0 Å². The van der Waals surface area contributed by atoms with E-state index in [2.05, 4.69) is 5.32 Å². The number of methoxy groups -OCH3 is 1. The van der Waals surface area contributed by atoms with Crippen LogP contribution in [0.4, 0.5) is 18.9 Å². The molecule has 1 atom stereocenters. The van der Waals surface area contributed by atoms with Gasteiger partial charge in [-0.3, -0.25) is 13.9 Å². The van der Waals surface area contributed by atoms with Crippen molar-refractivity contribution in [1.82, 2.24) is 10.2 Å². The highest BCUT2D eigenvalue weighted by molar-refractivity contribution is 7.92. The molecule has 0 aliphatic carbocycles. The predicted octanol–water partition coefficient (Wildman–Crippen LogP) is 4.86. The van der Waals surface area contributed by atoms with Crippen molar-refractivity contribution in [2.75, 3.05) is 24.2 Å². The summed E-state index contributed by atoms with van der Waals surface area (Å²) in [6, 6.07) is 7.95. The van der Waals surface area contributed by atoms with Gasteiger partial charge in [0.1, 0.15) is 18.3 Å². The molecule has 0 saturated heterocycles. The van der Waals surface area contributed by atoms with E-state index in [0.29, 0.717) is 27.8 Å². The van der Waals surface area contributed by atoms with Crippen LogP contribution in [0, 0.1) is 0 Å². The van der Waals surface area contributed by atoms with Crippen molar-refractivity contribution in [3.8, 4) is 5.75 Å². The Labute approximate surface area is 232 Å². The summed E-state index contributed by atoms with van der Waals surface area (Å²) in [7, 11) is -2.81. The molecule has 39 heavy (non-hydrogen) atoms. The van der Waals surface area contributed by atoms with E-state index in [9.17, 15) is 31.2 Å². The summed E-state index contributed by atoms with van der Waals surface area (Å²) in [4.78, 5) is 28.1. The molecule has 0 aromatic heterocycles. The fourth-order valence-electron chi connectivity index (χ4n) is 3.81. The highest BCUT2D eigenvalue weighted by Crippen LogP contribution is 2.36. The maximum absolute atomic E-state index is 13.7. The van der Waals surface area contributed by atoms with Gasteiger partial charge in [0.2, 0.25) is 21.8 Å². The van der Waals surface area contributed by atoms with E-state index in [-0.39, 0.29) is 18.0 Å². The zero-order valence-corrected chi connectivity index (χ0v) is 24.2. The zero-order chi connectivity index (χ0) is 29.8. The molecule has 2 amide bonds. The topological polar surface area (TPSA) is 96.0 Å². The Bertz CT molecular complexity index is 1300. The lowest BCUT2D eigenvalue weighted by atomic mass is 10.1. The second-order valence-corrected chi connectivity index (χ2v) is 12.3. The number of carbonyl (C=O) groups is 2. The number of halogens is 4. The van der Waals surface area contributed by atoms with Crippen molar-refractivity contribution in [2.45, 2.75) is 58.4 Å². The van der Waals surface area contributed by atoms with E-state index >= 15 is 0 Å². The molecule has 0 aliphatic rings. The van der Waals surface area contributed by atoms with Crippen LogP contribution in [-0.4, -0.2) is 56.6 Å². The third kappa shape index (κ3) is 9.03. The van der Waals surface area contributed by atoms with E-state index < -0.39 is 57.4 Å². The van der Waals surface area contributed by atoms with E-state index in [1.165, 1.54) is 12.0 Å². The van der Waals surface area contributed by atoms with E-state index in [1.54, 1.807) is 52.0 Å². The Morgan fingerprint density at radius 2 is 1.74 bits per heavy atom. The van der Waals surface area contributed by atoms with Gasteiger partial charge < -0.3 is 15.0 Å². The molecule has 0 spiro atoms. The number of rotatable bonds is 10. The van der Waals surface area contributed by atoms with Gasteiger partial charge in [-0.2, -0.15) is 13.2 Å². The molecular weight excluding hydrogens is 559 g/mol. The van der Waals surface area contributed by atoms with Crippen LogP contribution in [0.25, 0.3) is 0 Å². The number of hydrogen-bond acceptors (Lipinski definition) is 5. The SMILES string of the molecule is CCC(C(=O)NC(C)(C)C)N(Cc1cccc(OC)c1)C(=O)CN(c1cc(C(F)(F)F)ccc1Cl)S(C)(=O)=O. The summed E-state index contributed by atoms with van der Waals surface area (Å²) < 4.78 is 71.4. The fourth-order valence-corrected chi connectivity index (χ4v) is 4.94. The minimum atomic E-state index is -4.77. The molecule has 0 radical (unpaired) electrons. The van der Waals surface area contributed by atoms with Crippen molar-refractivity contribution in [3.05, 3.63) is 58.6 Å². The summed E-state index contributed by atoms with van der Waals surface area (Å²) in [6.07, 6.45) is -3.84. The summed E-state index contributed by atoms with van der Waals surface area (Å²) in [5, 5.41) is 2.53. The molecule has 1 N–H and O–H groups in total. The Hall–Kier alpha value is -2.99. The van der Waals surface area contributed by atoms with Crippen LogP contribution in [0.1, 0.15) is 45.2 Å². The highest BCUT2D eigenvalue weighted by Gasteiger charge is 2.35. The maximum Gasteiger partial charge on any atom is 0.416 e. The highest BCUT2D eigenvalue weighted by atomic mass is 35.5. The number of hydrogen-bond donors (Lipinski definition) is 1. The van der Waals surface area contributed by atoms with Crippen molar-refractivity contribution < 1.29 is 35.9 Å². The van der Waals surface area contributed by atoms with E-state index in [0.717, 1.165) is 12.3 Å². The number of anilines is 1. The summed E-state index contributed by atoms with van der Waals surface area (Å²) >= 11 is 6.11. The molecular formula is C26H33ClF3N3O5S. The number of nitrogens with zero attached hydrogens (tertiary/aromatic N) is 2. The van der Waals surface area contributed by atoms with E-state index in [1.807, 2.05) is 0 Å². The van der Waals surface area contributed by atoms with Crippen molar-refractivity contribution >= 4 is 39.1 Å². The summed E-state index contributed by atoms with van der Waals surface area (Å²) in [5.74, 6) is -0.780. The largest absolute Gasteiger partial charge is 0.497 e.